The molecule has 4 nitrogen and oxygen atoms in total. The third-order valence-electron chi connectivity index (χ3n) is 2.97. The second-order valence-electron chi connectivity index (χ2n) is 4.97. The van der Waals surface area contributed by atoms with Crippen molar-refractivity contribution in [3.63, 3.8) is 0 Å². The van der Waals surface area contributed by atoms with Crippen LogP contribution < -0.4 is 5.32 Å². The van der Waals surface area contributed by atoms with Gasteiger partial charge < -0.3 is 5.32 Å². The molecule has 0 atom stereocenters. The monoisotopic (exact) mass is 271 g/mol. The molecule has 0 aliphatic carbocycles. The number of carbonyl (C=O) groups is 1. The van der Waals surface area contributed by atoms with E-state index in [0.717, 1.165) is 58.4 Å². The third-order valence-corrected chi connectivity index (χ3v) is 2.97. The highest BCUT2D eigenvalue weighted by Crippen LogP contribution is 2.05. The van der Waals surface area contributed by atoms with Gasteiger partial charge in [0.25, 0.3) is 0 Å². The van der Waals surface area contributed by atoms with Gasteiger partial charge >= 0.3 is 0 Å². The summed E-state index contributed by atoms with van der Waals surface area (Å²) in [7, 11) is 0. The average Bonchev–Trinajstić information content (AvgIpc) is 2.40. The first-order chi connectivity index (χ1) is 9.21. The van der Waals surface area contributed by atoms with Gasteiger partial charge in [-0.2, -0.15) is 0 Å². The van der Waals surface area contributed by atoms with Crippen LogP contribution in [0.25, 0.3) is 0 Å². The van der Waals surface area contributed by atoms with Crippen molar-refractivity contribution in [2.24, 2.45) is 0 Å². The summed E-state index contributed by atoms with van der Waals surface area (Å²) in [6, 6.07) is 0. The van der Waals surface area contributed by atoms with Crippen LogP contribution in [0.15, 0.2) is 0 Å². The maximum Gasteiger partial charge on any atom is 0.238 e. The van der Waals surface area contributed by atoms with Gasteiger partial charge in [-0.25, -0.2) is 5.01 Å². The lowest BCUT2D eigenvalue weighted by Gasteiger charge is -2.34. The van der Waals surface area contributed by atoms with Crippen LogP contribution in [0.2, 0.25) is 0 Å². The molecule has 0 aromatic heterocycles. The number of rotatable bonds is 12. The minimum Gasteiger partial charge on any atom is -0.316 e. The van der Waals surface area contributed by atoms with Crippen molar-refractivity contribution in [2.45, 2.75) is 59.8 Å². The van der Waals surface area contributed by atoms with Crippen LogP contribution in [0.4, 0.5) is 0 Å². The van der Waals surface area contributed by atoms with Crippen molar-refractivity contribution >= 4 is 5.91 Å². The second-order valence-corrected chi connectivity index (χ2v) is 4.97. The van der Waals surface area contributed by atoms with Crippen LogP contribution in [-0.4, -0.2) is 48.6 Å². The summed E-state index contributed by atoms with van der Waals surface area (Å²) in [6.07, 6.45) is 4.90. The van der Waals surface area contributed by atoms with E-state index in [4.69, 9.17) is 0 Å². The Morgan fingerprint density at radius 3 is 1.89 bits per heavy atom. The van der Waals surface area contributed by atoms with Gasteiger partial charge in [0, 0.05) is 32.6 Å². The molecule has 0 spiro atoms. The summed E-state index contributed by atoms with van der Waals surface area (Å²) in [5.41, 5.74) is 0. The molecule has 0 heterocycles. The van der Waals surface area contributed by atoms with Crippen molar-refractivity contribution in [3.05, 3.63) is 0 Å². The van der Waals surface area contributed by atoms with E-state index in [2.05, 4.69) is 38.0 Å². The van der Waals surface area contributed by atoms with Crippen LogP contribution in [-0.2, 0) is 4.79 Å². The SMILES string of the molecule is CCCNCCC(=O)N(CCC)N(CCC)CCC. The summed E-state index contributed by atoms with van der Waals surface area (Å²) in [5, 5.41) is 7.50. The van der Waals surface area contributed by atoms with E-state index >= 15 is 0 Å². The molecule has 114 valence electrons. The topological polar surface area (TPSA) is 35.6 Å². The first-order valence-electron chi connectivity index (χ1n) is 7.97. The van der Waals surface area contributed by atoms with Gasteiger partial charge in [-0.1, -0.05) is 27.7 Å². The fourth-order valence-electron chi connectivity index (χ4n) is 2.13. The van der Waals surface area contributed by atoms with E-state index in [1.165, 1.54) is 0 Å². The maximum atomic E-state index is 12.3. The van der Waals surface area contributed by atoms with Crippen LogP contribution in [0.5, 0.6) is 0 Å². The number of amides is 1. The zero-order valence-corrected chi connectivity index (χ0v) is 13.4. The van der Waals surface area contributed by atoms with Crippen molar-refractivity contribution in [2.75, 3.05) is 32.7 Å². The average molecular weight is 271 g/mol. The van der Waals surface area contributed by atoms with E-state index in [-0.39, 0.29) is 5.91 Å². The number of carbonyl (C=O) groups excluding carboxylic acids is 1. The Kier molecular flexibility index (Phi) is 12.0. The zero-order valence-electron chi connectivity index (χ0n) is 13.4. The van der Waals surface area contributed by atoms with Crippen LogP contribution >= 0.6 is 0 Å². The minimum absolute atomic E-state index is 0.257. The molecule has 0 aliphatic rings. The van der Waals surface area contributed by atoms with E-state index < -0.39 is 0 Å². The molecule has 0 radical (unpaired) electrons. The molecule has 1 amide bonds. The van der Waals surface area contributed by atoms with E-state index in [1.54, 1.807) is 0 Å². The first-order valence-corrected chi connectivity index (χ1v) is 7.97. The van der Waals surface area contributed by atoms with Crippen LogP contribution in [0.1, 0.15) is 59.8 Å². The summed E-state index contributed by atoms with van der Waals surface area (Å²) in [6.45, 7) is 13.2. The summed E-state index contributed by atoms with van der Waals surface area (Å²) < 4.78 is 0. The normalized spacial score (nSPS) is 11.0. The lowest BCUT2D eigenvalue weighted by molar-refractivity contribution is -0.149. The quantitative estimate of drug-likeness (QED) is 0.438. The predicted octanol–water partition coefficient (Wildman–Crippen LogP) is 2.65. The molecular formula is C15H33N3O. The molecule has 0 aliphatic heterocycles. The highest BCUT2D eigenvalue weighted by Gasteiger charge is 2.18. The first kappa shape index (κ1) is 18.4. The molecule has 0 saturated carbocycles. The Morgan fingerprint density at radius 2 is 1.42 bits per heavy atom. The molecule has 4 heteroatoms. The highest BCUT2D eigenvalue weighted by atomic mass is 16.2. The number of hydrogen-bond donors (Lipinski definition) is 1. The fraction of sp³-hybridized carbons (Fsp3) is 0.933. The van der Waals surface area contributed by atoms with Crippen molar-refractivity contribution in [1.82, 2.24) is 15.3 Å². The van der Waals surface area contributed by atoms with Crippen molar-refractivity contribution in [1.29, 1.82) is 0 Å². The van der Waals surface area contributed by atoms with Crippen molar-refractivity contribution < 1.29 is 4.79 Å². The lowest BCUT2D eigenvalue weighted by atomic mass is 10.3. The predicted molar refractivity (Wildman–Crippen MR) is 81.9 cm³/mol. The standard InChI is InChI=1S/C15H33N3O/c1-5-10-16-11-9-15(19)18(14-8-4)17(12-6-2)13-7-3/h16H,5-14H2,1-4H3. The maximum absolute atomic E-state index is 12.3. The molecule has 0 fully saturated rings. The molecular weight excluding hydrogens is 238 g/mol. The van der Waals surface area contributed by atoms with Gasteiger partial charge in [-0.3, -0.25) is 9.80 Å². The molecule has 0 bridgehead atoms. The van der Waals surface area contributed by atoms with Gasteiger partial charge in [-0.05, 0) is 32.2 Å². The summed E-state index contributed by atoms with van der Waals surface area (Å²) >= 11 is 0. The molecule has 0 unspecified atom stereocenters. The van der Waals surface area contributed by atoms with Crippen LogP contribution in [0, 0.1) is 0 Å². The number of hydrazine groups is 1. The molecule has 1 N–H and O–H groups in total. The van der Waals surface area contributed by atoms with Gasteiger partial charge in [0.15, 0.2) is 0 Å². The third kappa shape index (κ3) is 8.22. The zero-order chi connectivity index (χ0) is 14.5. The molecule has 19 heavy (non-hydrogen) atoms. The number of nitrogens with one attached hydrogen (secondary N) is 1. The molecule has 0 aromatic carbocycles. The Balaban J connectivity index is 4.35. The molecule has 0 aromatic rings. The van der Waals surface area contributed by atoms with Crippen LogP contribution in [0.3, 0.4) is 0 Å². The lowest BCUT2D eigenvalue weighted by Crippen LogP contribution is -2.48. The highest BCUT2D eigenvalue weighted by molar-refractivity contribution is 5.75. The molecule has 0 rings (SSSR count). The van der Waals surface area contributed by atoms with Gasteiger partial charge in [0.2, 0.25) is 5.91 Å². The number of hydrogen-bond acceptors (Lipinski definition) is 3. The number of nitrogens with zero attached hydrogens (tertiary/aromatic N) is 2. The van der Waals surface area contributed by atoms with Crippen molar-refractivity contribution in [3.8, 4) is 0 Å². The smallest absolute Gasteiger partial charge is 0.238 e. The summed E-state index contributed by atoms with van der Waals surface area (Å²) in [5.74, 6) is 0.257. The molecule has 0 saturated heterocycles. The Hall–Kier alpha value is -0.610. The van der Waals surface area contributed by atoms with E-state index in [1.807, 2.05) is 5.01 Å². The van der Waals surface area contributed by atoms with E-state index in [0.29, 0.717) is 6.42 Å². The second kappa shape index (κ2) is 12.4. The summed E-state index contributed by atoms with van der Waals surface area (Å²) in [4.78, 5) is 12.3. The van der Waals surface area contributed by atoms with Gasteiger partial charge in [-0.15, -0.1) is 0 Å². The van der Waals surface area contributed by atoms with Gasteiger partial charge in [0.1, 0.15) is 0 Å². The van der Waals surface area contributed by atoms with Gasteiger partial charge in [0.05, 0.1) is 0 Å². The Morgan fingerprint density at radius 1 is 0.842 bits per heavy atom. The minimum atomic E-state index is 0.257. The van der Waals surface area contributed by atoms with E-state index in [9.17, 15) is 4.79 Å². The Labute approximate surface area is 119 Å². The fourth-order valence-corrected chi connectivity index (χ4v) is 2.13. The Bertz CT molecular complexity index is 215. The largest absolute Gasteiger partial charge is 0.316 e.